The molecule has 0 saturated heterocycles. The smallest absolute Gasteiger partial charge is 0.141 e. The first-order valence-corrected chi connectivity index (χ1v) is 7.32. The zero-order valence-corrected chi connectivity index (χ0v) is 13.0. The van der Waals surface area contributed by atoms with Crippen LogP contribution in [0.1, 0.15) is 11.1 Å². The van der Waals surface area contributed by atoms with Gasteiger partial charge in [0, 0.05) is 4.47 Å². The first kappa shape index (κ1) is 15.3. The Bertz CT molecular complexity index is 586. The Morgan fingerprint density at radius 1 is 1.25 bits per heavy atom. The van der Waals surface area contributed by atoms with Gasteiger partial charge in [-0.15, -0.1) is 0 Å². The molecule has 0 atom stereocenters. The van der Waals surface area contributed by atoms with E-state index in [-0.39, 0.29) is 12.4 Å². The van der Waals surface area contributed by atoms with Crippen molar-refractivity contribution >= 4 is 27.5 Å². The molecule has 2 rings (SSSR count). The van der Waals surface area contributed by atoms with Crippen molar-refractivity contribution in [3.63, 3.8) is 0 Å². The van der Waals surface area contributed by atoms with Crippen molar-refractivity contribution in [2.24, 2.45) is 5.73 Å². The van der Waals surface area contributed by atoms with Crippen molar-refractivity contribution in [3.05, 3.63) is 62.8 Å². The second-order valence-electron chi connectivity index (χ2n) is 4.33. The van der Waals surface area contributed by atoms with Gasteiger partial charge >= 0.3 is 0 Å². The van der Waals surface area contributed by atoms with Crippen molar-refractivity contribution in [2.75, 3.05) is 6.54 Å². The zero-order valence-electron chi connectivity index (χ0n) is 10.7. The maximum absolute atomic E-state index is 13.3. The number of halogens is 3. The number of ether oxygens (including phenoxy) is 1. The summed E-state index contributed by atoms with van der Waals surface area (Å²) in [4.78, 5) is 0. The third kappa shape index (κ3) is 3.95. The first-order valence-electron chi connectivity index (χ1n) is 6.15. The van der Waals surface area contributed by atoms with Crippen LogP contribution >= 0.6 is 27.5 Å². The Labute approximate surface area is 130 Å². The lowest BCUT2D eigenvalue weighted by Crippen LogP contribution is -2.06. The van der Waals surface area contributed by atoms with E-state index in [0.29, 0.717) is 28.2 Å². The van der Waals surface area contributed by atoms with Gasteiger partial charge in [0.05, 0.1) is 5.02 Å². The molecule has 0 bridgehead atoms. The summed E-state index contributed by atoms with van der Waals surface area (Å²) < 4.78 is 19.7. The number of hydrogen-bond donors (Lipinski definition) is 1. The second kappa shape index (κ2) is 7.07. The molecule has 2 aromatic rings. The van der Waals surface area contributed by atoms with Crippen LogP contribution in [0.15, 0.2) is 40.9 Å². The molecule has 0 unspecified atom stereocenters. The van der Waals surface area contributed by atoms with Crippen LogP contribution in [0, 0.1) is 5.82 Å². The van der Waals surface area contributed by atoms with E-state index in [1.807, 2.05) is 18.2 Å². The highest BCUT2D eigenvalue weighted by atomic mass is 79.9. The molecule has 0 saturated carbocycles. The van der Waals surface area contributed by atoms with Gasteiger partial charge in [-0.25, -0.2) is 4.39 Å². The van der Waals surface area contributed by atoms with E-state index in [0.717, 1.165) is 11.1 Å². The summed E-state index contributed by atoms with van der Waals surface area (Å²) >= 11 is 9.40. The second-order valence-corrected chi connectivity index (χ2v) is 5.66. The maximum atomic E-state index is 13.3. The molecular weight excluding hydrogens is 345 g/mol. The molecule has 106 valence electrons. The van der Waals surface area contributed by atoms with Gasteiger partial charge in [0.15, 0.2) is 0 Å². The van der Waals surface area contributed by atoms with E-state index in [1.165, 1.54) is 12.1 Å². The van der Waals surface area contributed by atoms with Crippen LogP contribution in [-0.4, -0.2) is 6.54 Å². The standard InChI is InChI=1S/C15H14BrClFNO/c16-12-6-10(7-13(18)8-12)9-20-15-11(4-5-19)2-1-3-14(15)17/h1-3,6-8H,4-5,9,19H2. The lowest BCUT2D eigenvalue weighted by molar-refractivity contribution is 0.302. The summed E-state index contributed by atoms with van der Waals surface area (Å²) in [5.41, 5.74) is 7.26. The number of benzene rings is 2. The van der Waals surface area contributed by atoms with E-state index < -0.39 is 0 Å². The van der Waals surface area contributed by atoms with Gasteiger partial charge in [0.25, 0.3) is 0 Å². The highest BCUT2D eigenvalue weighted by Crippen LogP contribution is 2.30. The van der Waals surface area contributed by atoms with E-state index >= 15 is 0 Å². The molecule has 0 aromatic heterocycles. The van der Waals surface area contributed by atoms with Crippen LogP contribution in [0.2, 0.25) is 5.02 Å². The molecule has 0 fully saturated rings. The van der Waals surface area contributed by atoms with Gasteiger partial charge in [-0.3, -0.25) is 0 Å². The molecule has 0 aliphatic rings. The van der Waals surface area contributed by atoms with E-state index in [1.54, 1.807) is 6.07 Å². The molecule has 0 radical (unpaired) electrons. The Kier molecular flexibility index (Phi) is 5.40. The van der Waals surface area contributed by atoms with Crippen molar-refractivity contribution in [2.45, 2.75) is 13.0 Å². The van der Waals surface area contributed by atoms with Gasteiger partial charge in [-0.05, 0) is 48.4 Å². The fourth-order valence-corrected chi connectivity index (χ4v) is 2.68. The van der Waals surface area contributed by atoms with Crippen LogP contribution in [-0.2, 0) is 13.0 Å². The Hall–Kier alpha value is -1.10. The van der Waals surface area contributed by atoms with Gasteiger partial charge in [-0.1, -0.05) is 39.7 Å². The van der Waals surface area contributed by atoms with Crippen LogP contribution in [0.25, 0.3) is 0 Å². The monoisotopic (exact) mass is 357 g/mol. The molecule has 0 aliphatic carbocycles. The highest BCUT2D eigenvalue weighted by Gasteiger charge is 2.09. The van der Waals surface area contributed by atoms with Gasteiger partial charge in [0.1, 0.15) is 18.2 Å². The van der Waals surface area contributed by atoms with Crippen LogP contribution in [0.4, 0.5) is 4.39 Å². The largest absolute Gasteiger partial charge is 0.487 e. The number of hydrogen-bond acceptors (Lipinski definition) is 2. The number of para-hydroxylation sites is 1. The minimum Gasteiger partial charge on any atom is -0.487 e. The molecule has 0 heterocycles. The quantitative estimate of drug-likeness (QED) is 0.864. The third-order valence-corrected chi connectivity index (χ3v) is 3.52. The molecule has 0 spiro atoms. The Morgan fingerprint density at radius 3 is 2.75 bits per heavy atom. The SMILES string of the molecule is NCCc1cccc(Cl)c1OCc1cc(F)cc(Br)c1. The van der Waals surface area contributed by atoms with Crippen molar-refractivity contribution in [1.82, 2.24) is 0 Å². The third-order valence-electron chi connectivity index (χ3n) is 2.77. The fraction of sp³-hybridized carbons (Fsp3) is 0.200. The Morgan fingerprint density at radius 2 is 2.05 bits per heavy atom. The molecule has 5 heteroatoms. The topological polar surface area (TPSA) is 35.2 Å². The normalized spacial score (nSPS) is 10.6. The first-order chi connectivity index (χ1) is 9.60. The summed E-state index contributed by atoms with van der Waals surface area (Å²) in [6.45, 7) is 0.764. The molecule has 0 aliphatic heterocycles. The highest BCUT2D eigenvalue weighted by molar-refractivity contribution is 9.10. The predicted molar refractivity (Wildman–Crippen MR) is 82.6 cm³/mol. The van der Waals surface area contributed by atoms with Gasteiger partial charge in [0.2, 0.25) is 0 Å². The minimum atomic E-state index is -0.306. The van der Waals surface area contributed by atoms with Crippen LogP contribution in [0.5, 0.6) is 5.75 Å². The number of rotatable bonds is 5. The summed E-state index contributed by atoms with van der Waals surface area (Å²) in [5.74, 6) is 0.305. The molecule has 2 N–H and O–H groups in total. The lowest BCUT2D eigenvalue weighted by Gasteiger charge is -2.13. The number of nitrogens with two attached hydrogens (primary N) is 1. The van der Waals surface area contributed by atoms with Crippen LogP contribution < -0.4 is 10.5 Å². The van der Waals surface area contributed by atoms with Crippen LogP contribution in [0.3, 0.4) is 0 Å². The average Bonchev–Trinajstić information content (AvgIpc) is 2.37. The van der Waals surface area contributed by atoms with Gasteiger partial charge < -0.3 is 10.5 Å². The summed E-state index contributed by atoms with van der Waals surface area (Å²) in [7, 11) is 0. The Balaban J connectivity index is 2.18. The van der Waals surface area contributed by atoms with Crippen molar-refractivity contribution in [1.29, 1.82) is 0 Å². The lowest BCUT2D eigenvalue weighted by atomic mass is 10.1. The van der Waals surface area contributed by atoms with Crippen molar-refractivity contribution in [3.8, 4) is 5.75 Å². The van der Waals surface area contributed by atoms with E-state index in [4.69, 9.17) is 22.1 Å². The zero-order chi connectivity index (χ0) is 14.5. The summed E-state index contributed by atoms with van der Waals surface area (Å²) in [5, 5.41) is 0.534. The fourth-order valence-electron chi connectivity index (χ4n) is 1.92. The predicted octanol–water partition coefficient (Wildman–Crippen LogP) is 4.32. The average molecular weight is 359 g/mol. The molecule has 2 nitrogen and oxygen atoms in total. The molecule has 0 amide bonds. The summed E-state index contributed by atoms with van der Waals surface area (Å²) in [6.07, 6.45) is 0.683. The van der Waals surface area contributed by atoms with E-state index in [2.05, 4.69) is 15.9 Å². The molecule has 20 heavy (non-hydrogen) atoms. The van der Waals surface area contributed by atoms with E-state index in [9.17, 15) is 4.39 Å². The van der Waals surface area contributed by atoms with Gasteiger partial charge in [-0.2, -0.15) is 0 Å². The molecule has 2 aromatic carbocycles. The van der Waals surface area contributed by atoms with Crippen molar-refractivity contribution < 1.29 is 9.13 Å². The minimum absolute atomic E-state index is 0.248. The molecular formula is C15H14BrClFNO. The maximum Gasteiger partial charge on any atom is 0.141 e. The summed E-state index contributed by atoms with van der Waals surface area (Å²) in [6, 6.07) is 10.2.